The number of phenols is 2. The van der Waals surface area contributed by atoms with E-state index in [1.807, 2.05) is 12.1 Å². The van der Waals surface area contributed by atoms with Gasteiger partial charge in [-0.2, -0.15) is 0 Å². The molecule has 4 rings (SSSR count). The highest BCUT2D eigenvalue weighted by Gasteiger charge is 2.34. The van der Waals surface area contributed by atoms with Crippen LogP contribution in [0.4, 0.5) is 11.4 Å². The van der Waals surface area contributed by atoms with E-state index in [0.717, 1.165) is 0 Å². The third-order valence-electron chi connectivity index (χ3n) is 4.66. The van der Waals surface area contributed by atoms with E-state index >= 15 is 0 Å². The van der Waals surface area contributed by atoms with Crippen molar-refractivity contribution in [1.82, 2.24) is 0 Å². The van der Waals surface area contributed by atoms with Gasteiger partial charge in [0.25, 0.3) is 5.91 Å². The number of methoxy groups -OCH3 is 1. The van der Waals surface area contributed by atoms with Crippen molar-refractivity contribution >= 4 is 28.9 Å². The maximum Gasteiger partial charge on any atom is 0.262 e. The largest absolute Gasteiger partial charge is 0.504 e. The average Bonchev–Trinajstić information content (AvgIpc) is 2.72. The van der Waals surface area contributed by atoms with Crippen molar-refractivity contribution in [1.29, 1.82) is 0 Å². The molecule has 142 valence electrons. The summed E-state index contributed by atoms with van der Waals surface area (Å²) >= 11 is 6.05. The van der Waals surface area contributed by atoms with Gasteiger partial charge in [0.05, 0.1) is 17.7 Å². The van der Waals surface area contributed by atoms with Crippen LogP contribution >= 0.6 is 11.6 Å². The monoisotopic (exact) mass is 396 g/mol. The minimum Gasteiger partial charge on any atom is -0.504 e. The Balaban J connectivity index is 1.87. The van der Waals surface area contributed by atoms with Gasteiger partial charge in [-0.25, -0.2) is 0 Å². The molecule has 1 amide bonds. The Morgan fingerprint density at radius 3 is 2.46 bits per heavy atom. The van der Waals surface area contributed by atoms with E-state index in [4.69, 9.17) is 16.3 Å². The third-order valence-corrected chi connectivity index (χ3v) is 4.95. The van der Waals surface area contributed by atoms with Crippen molar-refractivity contribution in [2.75, 3.05) is 17.3 Å². The van der Waals surface area contributed by atoms with E-state index in [1.165, 1.54) is 12.1 Å². The van der Waals surface area contributed by atoms with Crippen LogP contribution in [-0.2, 0) is 0 Å². The van der Waals surface area contributed by atoms with Gasteiger partial charge < -0.3 is 20.3 Å². The lowest BCUT2D eigenvalue weighted by molar-refractivity contribution is 0.0975. The molecule has 3 N–H and O–H groups in total. The SMILES string of the molecule is COc1ccc(N2C(=O)c3ccccc3NC2c2cc(O)c(O)c(Cl)c2)cc1. The van der Waals surface area contributed by atoms with Crippen LogP contribution in [0, 0.1) is 0 Å². The number of rotatable bonds is 3. The highest BCUT2D eigenvalue weighted by atomic mass is 35.5. The molecule has 7 heteroatoms. The maximum atomic E-state index is 13.3. The second-order valence-corrected chi connectivity index (χ2v) is 6.74. The number of halogens is 1. The molecule has 0 saturated carbocycles. The zero-order valence-electron chi connectivity index (χ0n) is 14.9. The molecule has 3 aromatic rings. The molecule has 0 spiro atoms. The summed E-state index contributed by atoms with van der Waals surface area (Å²) in [5.41, 5.74) is 2.37. The Kier molecular flexibility index (Phi) is 4.49. The first-order valence-electron chi connectivity index (χ1n) is 8.54. The number of amides is 1. The molecule has 0 radical (unpaired) electrons. The van der Waals surface area contributed by atoms with E-state index in [0.29, 0.717) is 28.3 Å². The Hall–Kier alpha value is -3.38. The molecule has 28 heavy (non-hydrogen) atoms. The Bertz CT molecular complexity index is 1030. The molecule has 0 aliphatic carbocycles. The summed E-state index contributed by atoms with van der Waals surface area (Å²) in [6, 6.07) is 17.2. The zero-order chi connectivity index (χ0) is 19.8. The summed E-state index contributed by atoms with van der Waals surface area (Å²) < 4.78 is 5.20. The summed E-state index contributed by atoms with van der Waals surface area (Å²) in [6.45, 7) is 0. The minimum atomic E-state index is -0.639. The molecule has 1 heterocycles. The zero-order valence-corrected chi connectivity index (χ0v) is 15.6. The number of nitrogens with one attached hydrogen (secondary N) is 1. The van der Waals surface area contributed by atoms with Gasteiger partial charge in [-0.1, -0.05) is 23.7 Å². The second-order valence-electron chi connectivity index (χ2n) is 6.34. The second kappa shape index (κ2) is 6.98. The smallest absolute Gasteiger partial charge is 0.262 e. The average molecular weight is 397 g/mol. The fourth-order valence-electron chi connectivity index (χ4n) is 3.26. The maximum absolute atomic E-state index is 13.3. The van der Waals surface area contributed by atoms with E-state index in [-0.39, 0.29) is 16.7 Å². The highest BCUT2D eigenvalue weighted by molar-refractivity contribution is 6.32. The summed E-state index contributed by atoms with van der Waals surface area (Å²) in [4.78, 5) is 14.9. The Morgan fingerprint density at radius 1 is 1.07 bits per heavy atom. The van der Waals surface area contributed by atoms with Gasteiger partial charge in [0.2, 0.25) is 0 Å². The van der Waals surface area contributed by atoms with E-state index in [9.17, 15) is 15.0 Å². The molecule has 1 unspecified atom stereocenters. The molecular formula is C21H17ClN2O4. The Morgan fingerprint density at radius 2 is 1.79 bits per heavy atom. The number of anilines is 2. The first kappa shape index (κ1) is 18.0. The lowest BCUT2D eigenvalue weighted by Crippen LogP contribution is -2.43. The number of carbonyl (C=O) groups is 1. The molecule has 1 aliphatic rings. The van der Waals surface area contributed by atoms with Gasteiger partial charge in [-0.15, -0.1) is 0 Å². The first-order valence-corrected chi connectivity index (χ1v) is 8.92. The fourth-order valence-corrected chi connectivity index (χ4v) is 3.48. The van der Waals surface area contributed by atoms with E-state index in [2.05, 4.69) is 5.32 Å². The molecular weight excluding hydrogens is 380 g/mol. The number of benzene rings is 3. The summed E-state index contributed by atoms with van der Waals surface area (Å²) in [5, 5.41) is 23.1. The number of carbonyl (C=O) groups excluding carboxylic acids is 1. The van der Waals surface area contributed by atoms with Crippen molar-refractivity contribution in [3.8, 4) is 17.2 Å². The minimum absolute atomic E-state index is 0.00205. The number of ether oxygens (including phenoxy) is 1. The van der Waals surface area contributed by atoms with Crippen molar-refractivity contribution in [3.05, 3.63) is 76.8 Å². The van der Waals surface area contributed by atoms with Crippen LogP contribution in [0.15, 0.2) is 60.7 Å². The number of aromatic hydroxyl groups is 2. The molecule has 6 nitrogen and oxygen atoms in total. The van der Waals surface area contributed by atoms with Crippen LogP contribution in [0.3, 0.4) is 0 Å². The van der Waals surface area contributed by atoms with Crippen LogP contribution in [0.1, 0.15) is 22.1 Å². The summed E-state index contributed by atoms with van der Waals surface area (Å²) in [7, 11) is 1.57. The van der Waals surface area contributed by atoms with Gasteiger partial charge in [0.15, 0.2) is 11.5 Å². The number of phenolic OH excluding ortho intramolecular Hbond substituents is 2. The molecule has 3 aromatic carbocycles. The van der Waals surface area contributed by atoms with Gasteiger partial charge in [-0.05, 0) is 48.5 Å². The van der Waals surface area contributed by atoms with Crippen molar-refractivity contribution in [2.45, 2.75) is 6.17 Å². The van der Waals surface area contributed by atoms with Crippen molar-refractivity contribution in [2.24, 2.45) is 0 Å². The third kappa shape index (κ3) is 2.97. The molecule has 1 aliphatic heterocycles. The van der Waals surface area contributed by atoms with Crippen molar-refractivity contribution in [3.63, 3.8) is 0 Å². The fraction of sp³-hybridized carbons (Fsp3) is 0.0952. The summed E-state index contributed by atoms with van der Waals surface area (Å²) in [5.74, 6) is -0.286. The quantitative estimate of drug-likeness (QED) is 0.566. The number of nitrogens with zero attached hydrogens (tertiary/aromatic N) is 1. The van der Waals surface area contributed by atoms with Gasteiger partial charge in [0.1, 0.15) is 11.9 Å². The van der Waals surface area contributed by atoms with Crippen LogP contribution < -0.4 is 15.0 Å². The van der Waals surface area contributed by atoms with E-state index < -0.39 is 11.9 Å². The first-order chi connectivity index (χ1) is 13.5. The topological polar surface area (TPSA) is 82.0 Å². The van der Waals surface area contributed by atoms with Gasteiger partial charge >= 0.3 is 0 Å². The van der Waals surface area contributed by atoms with Crippen LogP contribution in [0.2, 0.25) is 5.02 Å². The highest BCUT2D eigenvalue weighted by Crippen LogP contribution is 2.41. The normalized spacial score (nSPS) is 15.7. The van der Waals surface area contributed by atoms with Crippen LogP contribution in [-0.4, -0.2) is 23.2 Å². The van der Waals surface area contributed by atoms with Crippen molar-refractivity contribution < 1.29 is 19.7 Å². The van der Waals surface area contributed by atoms with Gasteiger partial charge in [0, 0.05) is 16.9 Å². The molecule has 0 saturated heterocycles. The van der Waals surface area contributed by atoms with Crippen LogP contribution in [0.25, 0.3) is 0 Å². The number of hydrogen-bond donors (Lipinski definition) is 3. The predicted molar refractivity (Wildman–Crippen MR) is 107 cm³/mol. The van der Waals surface area contributed by atoms with E-state index in [1.54, 1.807) is 48.4 Å². The number of para-hydroxylation sites is 1. The molecule has 0 aromatic heterocycles. The predicted octanol–water partition coefficient (Wildman–Crippen LogP) is 4.53. The summed E-state index contributed by atoms with van der Waals surface area (Å²) in [6.07, 6.45) is -0.639. The van der Waals surface area contributed by atoms with Crippen LogP contribution in [0.5, 0.6) is 17.2 Å². The molecule has 1 atom stereocenters. The lowest BCUT2D eigenvalue weighted by atomic mass is 10.0. The lowest BCUT2D eigenvalue weighted by Gasteiger charge is -2.38. The standard InChI is InChI=1S/C21H17ClN2O4/c1-28-14-8-6-13(7-9-14)24-20(12-10-16(22)19(26)18(25)11-12)23-17-5-3-2-4-15(17)21(24)27/h2-11,20,23,25-26H,1H3. The Labute approximate surface area is 166 Å². The molecule has 0 fully saturated rings. The molecule has 0 bridgehead atoms. The number of hydrogen-bond acceptors (Lipinski definition) is 5. The number of fused-ring (bicyclic) bond motifs is 1. The van der Waals surface area contributed by atoms with Gasteiger partial charge in [-0.3, -0.25) is 9.69 Å².